The zero-order chi connectivity index (χ0) is 14.8. The van der Waals surface area contributed by atoms with Crippen molar-refractivity contribution < 1.29 is 14.6 Å². The minimum Gasteiger partial charge on any atom is -0.445 e. The van der Waals surface area contributed by atoms with E-state index in [2.05, 4.69) is 0 Å². The SMILES string of the molecule is O=C(OCc1ccccc1)N1CCC(O)(C(Cl)(Cl)Cl)C1. The zero-order valence-corrected chi connectivity index (χ0v) is 12.8. The van der Waals surface area contributed by atoms with E-state index < -0.39 is 15.5 Å². The molecule has 1 fully saturated rings. The molecule has 7 heteroatoms. The molecule has 1 amide bonds. The van der Waals surface area contributed by atoms with Crippen LogP contribution in [0.25, 0.3) is 0 Å². The number of β-amino-alcohol motifs (C(OH)–C–C–N with tert-alkyl or cyclic N) is 1. The summed E-state index contributed by atoms with van der Waals surface area (Å²) in [6.45, 7) is 0.400. The third-order valence-electron chi connectivity index (χ3n) is 3.24. The number of aliphatic hydroxyl groups is 1. The number of hydrogen-bond acceptors (Lipinski definition) is 3. The van der Waals surface area contributed by atoms with E-state index in [0.717, 1.165) is 5.56 Å². The lowest BCUT2D eigenvalue weighted by molar-refractivity contribution is 0.0467. The summed E-state index contributed by atoms with van der Waals surface area (Å²) in [5, 5.41) is 10.2. The van der Waals surface area contributed by atoms with E-state index >= 15 is 0 Å². The van der Waals surface area contributed by atoms with Crippen LogP contribution in [0.4, 0.5) is 4.79 Å². The summed E-state index contributed by atoms with van der Waals surface area (Å²) in [6.07, 6.45) is -0.330. The highest BCUT2D eigenvalue weighted by atomic mass is 35.6. The molecule has 2 rings (SSSR count). The van der Waals surface area contributed by atoms with Crippen LogP contribution in [0.15, 0.2) is 30.3 Å². The fraction of sp³-hybridized carbons (Fsp3) is 0.462. The van der Waals surface area contributed by atoms with Crippen molar-refractivity contribution in [3.05, 3.63) is 35.9 Å². The number of nitrogens with zero attached hydrogens (tertiary/aromatic N) is 1. The van der Waals surface area contributed by atoms with E-state index in [1.807, 2.05) is 30.3 Å². The van der Waals surface area contributed by atoms with Crippen LogP contribution in [0, 0.1) is 0 Å². The Morgan fingerprint density at radius 1 is 1.35 bits per heavy atom. The number of rotatable bonds is 2. The Kier molecular flexibility index (Phi) is 4.69. The molecule has 0 aliphatic carbocycles. The maximum absolute atomic E-state index is 11.9. The molecule has 0 spiro atoms. The average molecular weight is 339 g/mol. The molecule has 1 heterocycles. The van der Waals surface area contributed by atoms with E-state index in [9.17, 15) is 9.90 Å². The van der Waals surface area contributed by atoms with Gasteiger partial charge in [0.15, 0.2) is 0 Å². The standard InChI is InChI=1S/C13H14Cl3NO3/c14-13(15,16)12(19)6-7-17(9-12)11(18)20-8-10-4-2-1-3-5-10/h1-5,19H,6-9H2. The molecular formula is C13H14Cl3NO3. The van der Waals surface area contributed by atoms with E-state index in [0.29, 0.717) is 0 Å². The summed E-state index contributed by atoms with van der Waals surface area (Å²) in [5.74, 6) is 0. The van der Waals surface area contributed by atoms with Crippen LogP contribution >= 0.6 is 34.8 Å². The lowest BCUT2D eigenvalue weighted by Gasteiger charge is -2.30. The maximum Gasteiger partial charge on any atom is 0.410 e. The summed E-state index contributed by atoms with van der Waals surface area (Å²) in [5.41, 5.74) is -0.652. The van der Waals surface area contributed by atoms with Crippen LogP contribution in [0.1, 0.15) is 12.0 Å². The van der Waals surface area contributed by atoms with Gasteiger partial charge in [0.25, 0.3) is 0 Å². The van der Waals surface area contributed by atoms with Crippen LogP contribution < -0.4 is 0 Å². The minimum atomic E-state index is -1.83. The topological polar surface area (TPSA) is 49.8 Å². The van der Waals surface area contributed by atoms with Gasteiger partial charge in [-0.15, -0.1) is 0 Å². The summed E-state index contributed by atoms with van der Waals surface area (Å²) in [7, 11) is 0. The van der Waals surface area contributed by atoms with Gasteiger partial charge in [0.1, 0.15) is 12.2 Å². The smallest absolute Gasteiger partial charge is 0.410 e. The van der Waals surface area contributed by atoms with Crippen molar-refractivity contribution >= 4 is 40.9 Å². The van der Waals surface area contributed by atoms with Crippen molar-refractivity contribution in [2.24, 2.45) is 0 Å². The third-order valence-corrected chi connectivity index (χ3v) is 4.29. The number of ether oxygens (including phenoxy) is 1. The number of carbonyl (C=O) groups excluding carboxylic acids is 1. The van der Waals surface area contributed by atoms with Gasteiger partial charge < -0.3 is 14.7 Å². The van der Waals surface area contributed by atoms with E-state index in [1.165, 1.54) is 4.90 Å². The van der Waals surface area contributed by atoms with Gasteiger partial charge in [-0.2, -0.15) is 0 Å². The van der Waals surface area contributed by atoms with E-state index in [1.54, 1.807) is 0 Å². The first-order valence-electron chi connectivity index (χ1n) is 6.06. The van der Waals surface area contributed by atoms with Gasteiger partial charge in [-0.05, 0) is 12.0 Å². The predicted molar refractivity (Wildman–Crippen MR) is 78.1 cm³/mol. The van der Waals surface area contributed by atoms with E-state index in [-0.39, 0.29) is 26.1 Å². The van der Waals surface area contributed by atoms with Crippen LogP contribution in [-0.2, 0) is 11.3 Å². The Bertz CT molecular complexity index is 477. The molecule has 0 radical (unpaired) electrons. The third kappa shape index (κ3) is 3.50. The van der Waals surface area contributed by atoms with Gasteiger partial charge in [-0.3, -0.25) is 0 Å². The molecule has 110 valence electrons. The number of halogens is 3. The van der Waals surface area contributed by atoms with Gasteiger partial charge in [-0.1, -0.05) is 65.1 Å². The zero-order valence-electron chi connectivity index (χ0n) is 10.6. The molecule has 1 aromatic rings. The highest BCUT2D eigenvalue weighted by molar-refractivity contribution is 6.68. The lowest BCUT2D eigenvalue weighted by Crippen LogP contribution is -2.46. The molecule has 1 aliphatic heterocycles. The largest absolute Gasteiger partial charge is 0.445 e. The van der Waals surface area contributed by atoms with Gasteiger partial charge in [0, 0.05) is 6.54 Å². The minimum absolute atomic E-state index is 0.0584. The molecule has 1 aliphatic rings. The number of likely N-dealkylation sites (tertiary alicyclic amines) is 1. The average Bonchev–Trinajstić information content (AvgIpc) is 2.81. The summed E-state index contributed by atoms with van der Waals surface area (Å²) in [6, 6.07) is 9.32. The second kappa shape index (κ2) is 5.98. The molecule has 0 saturated carbocycles. The highest BCUT2D eigenvalue weighted by Crippen LogP contribution is 2.43. The van der Waals surface area contributed by atoms with Crippen LogP contribution in [-0.4, -0.2) is 38.6 Å². The van der Waals surface area contributed by atoms with Gasteiger partial charge >= 0.3 is 6.09 Å². The Labute approximate surface area is 132 Å². The number of benzene rings is 1. The maximum atomic E-state index is 11.9. The predicted octanol–water partition coefficient (Wildman–Crippen LogP) is 3.13. The second-order valence-corrected chi connectivity index (χ2v) is 7.02. The Morgan fingerprint density at radius 2 is 2.00 bits per heavy atom. The number of carbonyl (C=O) groups is 1. The van der Waals surface area contributed by atoms with E-state index in [4.69, 9.17) is 39.5 Å². The Hall–Kier alpha value is -0.680. The second-order valence-electron chi connectivity index (χ2n) is 4.74. The van der Waals surface area contributed by atoms with Crippen molar-refractivity contribution in [1.29, 1.82) is 0 Å². The first-order chi connectivity index (χ1) is 9.32. The first kappa shape index (κ1) is 15.7. The summed E-state index contributed by atoms with van der Waals surface area (Å²) in [4.78, 5) is 13.2. The van der Waals surface area contributed by atoms with Crippen LogP contribution in [0.5, 0.6) is 0 Å². The molecule has 1 aromatic carbocycles. The van der Waals surface area contributed by atoms with Crippen molar-refractivity contribution in [2.75, 3.05) is 13.1 Å². The molecular weight excluding hydrogens is 325 g/mol. The number of hydrogen-bond donors (Lipinski definition) is 1. The molecule has 20 heavy (non-hydrogen) atoms. The molecule has 0 bridgehead atoms. The lowest BCUT2D eigenvalue weighted by atomic mass is 10.1. The van der Waals surface area contributed by atoms with Crippen molar-refractivity contribution in [3.63, 3.8) is 0 Å². The number of alkyl halides is 3. The fourth-order valence-corrected chi connectivity index (χ4v) is 2.45. The van der Waals surface area contributed by atoms with Gasteiger partial charge in [0.2, 0.25) is 3.79 Å². The highest BCUT2D eigenvalue weighted by Gasteiger charge is 2.52. The molecule has 0 aromatic heterocycles. The quantitative estimate of drug-likeness (QED) is 0.843. The molecule has 1 N–H and O–H groups in total. The normalized spacial score (nSPS) is 22.9. The van der Waals surface area contributed by atoms with Crippen LogP contribution in [0.3, 0.4) is 0 Å². The Morgan fingerprint density at radius 3 is 2.55 bits per heavy atom. The number of amides is 1. The Balaban J connectivity index is 1.89. The fourth-order valence-electron chi connectivity index (χ4n) is 1.99. The summed E-state index contributed by atoms with van der Waals surface area (Å²) < 4.78 is 3.33. The van der Waals surface area contributed by atoms with Crippen LogP contribution in [0.2, 0.25) is 0 Å². The monoisotopic (exact) mass is 337 g/mol. The van der Waals surface area contributed by atoms with Gasteiger partial charge in [-0.25, -0.2) is 4.79 Å². The van der Waals surface area contributed by atoms with Crippen molar-refractivity contribution in [3.8, 4) is 0 Å². The van der Waals surface area contributed by atoms with Crippen molar-refractivity contribution in [2.45, 2.75) is 22.4 Å². The molecule has 1 saturated heterocycles. The molecule has 1 atom stereocenters. The van der Waals surface area contributed by atoms with Crippen molar-refractivity contribution in [1.82, 2.24) is 4.90 Å². The molecule has 4 nitrogen and oxygen atoms in total. The summed E-state index contributed by atoms with van der Waals surface area (Å²) >= 11 is 17.2. The first-order valence-corrected chi connectivity index (χ1v) is 7.20. The van der Waals surface area contributed by atoms with Gasteiger partial charge in [0.05, 0.1) is 6.54 Å². The molecule has 1 unspecified atom stereocenters.